The van der Waals surface area contributed by atoms with Gasteiger partial charge in [-0.1, -0.05) is 12.1 Å². The van der Waals surface area contributed by atoms with Crippen LogP contribution >= 0.6 is 0 Å². The summed E-state index contributed by atoms with van der Waals surface area (Å²) in [7, 11) is 1.74. The zero-order chi connectivity index (χ0) is 18.2. The molecule has 132 valence electrons. The van der Waals surface area contributed by atoms with Gasteiger partial charge in [-0.2, -0.15) is 13.2 Å². The van der Waals surface area contributed by atoms with Gasteiger partial charge in [0.25, 0.3) is 5.91 Å². The molecule has 1 aliphatic heterocycles. The van der Waals surface area contributed by atoms with Crippen LogP contribution in [0.3, 0.4) is 0 Å². The molecule has 2 heterocycles. The van der Waals surface area contributed by atoms with E-state index in [1.165, 1.54) is 6.07 Å². The molecule has 0 atom stereocenters. The van der Waals surface area contributed by atoms with Crippen molar-refractivity contribution in [3.05, 3.63) is 52.5 Å². The van der Waals surface area contributed by atoms with Crippen LogP contribution in [0.2, 0.25) is 0 Å². The molecule has 25 heavy (non-hydrogen) atoms. The third-order valence-electron chi connectivity index (χ3n) is 4.01. The van der Waals surface area contributed by atoms with Crippen molar-refractivity contribution in [2.75, 3.05) is 18.5 Å². The average Bonchev–Trinajstić information content (AvgIpc) is 2.54. The Morgan fingerprint density at radius 2 is 2.04 bits per heavy atom. The van der Waals surface area contributed by atoms with Crippen LogP contribution in [0, 0.1) is 6.92 Å². The van der Waals surface area contributed by atoms with Gasteiger partial charge in [0, 0.05) is 25.7 Å². The molecule has 1 N–H and O–H groups in total. The largest absolute Gasteiger partial charge is 0.416 e. The maximum atomic E-state index is 12.9. The van der Waals surface area contributed by atoms with Crippen LogP contribution in [0.15, 0.2) is 24.3 Å². The number of anilines is 1. The van der Waals surface area contributed by atoms with Crippen molar-refractivity contribution in [3.63, 3.8) is 0 Å². The fraction of sp³-hybridized carbons (Fsp3) is 0.353. The number of amides is 1. The minimum absolute atomic E-state index is 0.244. The van der Waals surface area contributed by atoms with Crippen LogP contribution in [-0.4, -0.2) is 29.5 Å². The number of halogens is 3. The monoisotopic (exact) mass is 350 g/mol. The Balaban J connectivity index is 1.92. The quantitative estimate of drug-likeness (QED) is 0.925. The number of hydrogen-bond acceptors (Lipinski definition) is 4. The summed E-state index contributed by atoms with van der Waals surface area (Å²) in [6.45, 7) is 2.42. The van der Waals surface area contributed by atoms with E-state index < -0.39 is 11.7 Å². The summed E-state index contributed by atoms with van der Waals surface area (Å²) >= 11 is 0. The van der Waals surface area contributed by atoms with E-state index in [2.05, 4.69) is 15.3 Å². The molecule has 0 saturated heterocycles. The maximum Gasteiger partial charge on any atom is 0.416 e. The lowest BCUT2D eigenvalue weighted by Gasteiger charge is -2.25. The zero-order valence-electron chi connectivity index (χ0n) is 13.8. The summed E-state index contributed by atoms with van der Waals surface area (Å²) < 4.78 is 38.6. The number of rotatable bonds is 3. The molecule has 0 bridgehead atoms. The molecule has 0 radical (unpaired) electrons. The topological polar surface area (TPSA) is 58.1 Å². The normalized spacial score (nSPS) is 14.0. The predicted octanol–water partition coefficient (Wildman–Crippen LogP) is 2.73. The van der Waals surface area contributed by atoms with Crippen molar-refractivity contribution in [2.45, 2.75) is 26.1 Å². The number of aromatic nitrogens is 2. The number of alkyl halides is 3. The fourth-order valence-electron chi connectivity index (χ4n) is 2.89. The van der Waals surface area contributed by atoms with E-state index >= 15 is 0 Å². The molecule has 0 fully saturated rings. The summed E-state index contributed by atoms with van der Waals surface area (Å²) in [5.41, 5.74) is 0.898. The predicted molar refractivity (Wildman–Crippen MR) is 86.4 cm³/mol. The number of carbonyl (C=O) groups excluding carboxylic acids is 1. The van der Waals surface area contributed by atoms with Gasteiger partial charge >= 0.3 is 6.18 Å². The van der Waals surface area contributed by atoms with E-state index in [0.717, 1.165) is 17.7 Å². The van der Waals surface area contributed by atoms with Crippen molar-refractivity contribution in [1.29, 1.82) is 0 Å². The first-order valence-electron chi connectivity index (χ1n) is 7.78. The Hall–Kier alpha value is -2.64. The first kappa shape index (κ1) is 17.2. The molecule has 2 aromatic rings. The standard InChI is InChI=1S/C17H17F3N4O/c1-10-22-14-13(6-7-21-16(14)25)15(23-10)24(2)9-11-4-3-5-12(8-11)17(18,19)20/h3-5,8H,6-7,9H2,1-2H3,(H,21,25). The van der Waals surface area contributed by atoms with Gasteiger partial charge in [-0.05, 0) is 31.0 Å². The van der Waals surface area contributed by atoms with Gasteiger partial charge < -0.3 is 10.2 Å². The minimum Gasteiger partial charge on any atom is -0.355 e. The lowest BCUT2D eigenvalue weighted by molar-refractivity contribution is -0.137. The summed E-state index contributed by atoms with van der Waals surface area (Å²) in [6.07, 6.45) is -3.79. The highest BCUT2D eigenvalue weighted by Crippen LogP contribution is 2.30. The van der Waals surface area contributed by atoms with E-state index in [1.807, 2.05) is 0 Å². The number of hydrogen-bond donors (Lipinski definition) is 1. The Labute approximate surface area is 142 Å². The molecule has 3 rings (SSSR count). The molecule has 0 aliphatic carbocycles. The number of fused-ring (bicyclic) bond motifs is 1. The van der Waals surface area contributed by atoms with E-state index in [4.69, 9.17) is 0 Å². The summed E-state index contributed by atoms with van der Waals surface area (Å²) in [5, 5.41) is 2.73. The molecule has 1 amide bonds. The number of aryl methyl sites for hydroxylation is 1. The lowest BCUT2D eigenvalue weighted by Crippen LogP contribution is -2.35. The zero-order valence-corrected chi connectivity index (χ0v) is 13.8. The van der Waals surface area contributed by atoms with Gasteiger partial charge in [0.05, 0.1) is 5.56 Å². The summed E-state index contributed by atoms with van der Waals surface area (Å²) in [6, 6.07) is 5.20. The first-order valence-corrected chi connectivity index (χ1v) is 7.78. The van der Waals surface area contributed by atoms with E-state index in [0.29, 0.717) is 35.9 Å². The second-order valence-corrected chi connectivity index (χ2v) is 5.98. The van der Waals surface area contributed by atoms with Crippen LogP contribution in [-0.2, 0) is 19.1 Å². The number of nitrogens with one attached hydrogen (secondary N) is 1. The highest BCUT2D eigenvalue weighted by Gasteiger charge is 2.30. The molecule has 8 heteroatoms. The Morgan fingerprint density at radius 1 is 1.28 bits per heavy atom. The molecule has 1 aliphatic rings. The Morgan fingerprint density at radius 3 is 2.76 bits per heavy atom. The molecule has 0 unspecified atom stereocenters. The highest BCUT2D eigenvalue weighted by molar-refractivity contribution is 5.96. The third kappa shape index (κ3) is 3.57. The minimum atomic E-state index is -4.38. The molecular weight excluding hydrogens is 333 g/mol. The summed E-state index contributed by atoms with van der Waals surface area (Å²) in [4.78, 5) is 22.3. The van der Waals surface area contributed by atoms with E-state index in [1.54, 1.807) is 24.9 Å². The number of benzene rings is 1. The van der Waals surface area contributed by atoms with Gasteiger partial charge in [0.15, 0.2) is 0 Å². The highest BCUT2D eigenvalue weighted by atomic mass is 19.4. The molecule has 1 aromatic carbocycles. The van der Waals surface area contributed by atoms with Crippen LogP contribution in [0.25, 0.3) is 0 Å². The van der Waals surface area contributed by atoms with Crippen LogP contribution in [0.5, 0.6) is 0 Å². The second-order valence-electron chi connectivity index (χ2n) is 5.98. The maximum absolute atomic E-state index is 12.9. The van der Waals surface area contributed by atoms with Gasteiger partial charge in [-0.3, -0.25) is 4.79 Å². The van der Waals surface area contributed by atoms with Crippen molar-refractivity contribution in [2.24, 2.45) is 0 Å². The van der Waals surface area contributed by atoms with Gasteiger partial charge in [-0.25, -0.2) is 9.97 Å². The van der Waals surface area contributed by atoms with Crippen molar-refractivity contribution >= 4 is 11.7 Å². The van der Waals surface area contributed by atoms with E-state index in [9.17, 15) is 18.0 Å². The van der Waals surface area contributed by atoms with Crippen LogP contribution in [0.1, 0.15) is 33.0 Å². The fourth-order valence-corrected chi connectivity index (χ4v) is 2.89. The van der Waals surface area contributed by atoms with Crippen molar-refractivity contribution in [3.8, 4) is 0 Å². The molecule has 5 nitrogen and oxygen atoms in total. The van der Waals surface area contributed by atoms with Crippen molar-refractivity contribution in [1.82, 2.24) is 15.3 Å². The number of nitrogens with zero attached hydrogens (tertiary/aromatic N) is 3. The third-order valence-corrected chi connectivity index (χ3v) is 4.01. The second kappa shape index (κ2) is 6.34. The summed E-state index contributed by atoms with van der Waals surface area (Å²) in [5.74, 6) is 0.775. The smallest absolute Gasteiger partial charge is 0.355 e. The van der Waals surface area contributed by atoms with Gasteiger partial charge in [0.2, 0.25) is 0 Å². The Kier molecular flexibility index (Phi) is 4.36. The molecular formula is C17H17F3N4O. The molecule has 0 spiro atoms. The average molecular weight is 350 g/mol. The molecule has 1 aromatic heterocycles. The van der Waals surface area contributed by atoms with Gasteiger partial charge in [-0.15, -0.1) is 0 Å². The number of carbonyl (C=O) groups is 1. The van der Waals surface area contributed by atoms with Crippen LogP contribution in [0.4, 0.5) is 19.0 Å². The van der Waals surface area contributed by atoms with Gasteiger partial charge in [0.1, 0.15) is 17.3 Å². The lowest BCUT2D eigenvalue weighted by atomic mass is 10.1. The first-order chi connectivity index (χ1) is 11.8. The Bertz CT molecular complexity index is 820. The van der Waals surface area contributed by atoms with E-state index in [-0.39, 0.29) is 12.5 Å². The van der Waals surface area contributed by atoms with Crippen molar-refractivity contribution < 1.29 is 18.0 Å². The van der Waals surface area contributed by atoms with Crippen LogP contribution < -0.4 is 10.2 Å². The SMILES string of the molecule is Cc1nc2c(c(N(C)Cc3cccc(C(F)(F)F)c3)n1)CCNC2=O. The molecule has 0 saturated carbocycles.